The highest BCUT2D eigenvalue weighted by atomic mass is 32.1. The topological polar surface area (TPSA) is 70.2 Å². The summed E-state index contributed by atoms with van der Waals surface area (Å²) in [6.45, 7) is 0. The van der Waals surface area contributed by atoms with E-state index in [0.717, 1.165) is 12.1 Å². The Morgan fingerprint density at radius 3 is 2.42 bits per heavy atom. The summed E-state index contributed by atoms with van der Waals surface area (Å²) in [5.74, 6) is 0.503. The maximum atomic E-state index is 12.0. The van der Waals surface area contributed by atoms with E-state index >= 15 is 0 Å². The van der Waals surface area contributed by atoms with Crippen LogP contribution in [-0.4, -0.2) is 24.0 Å². The second-order valence-electron chi connectivity index (χ2n) is 6.20. The number of hydrogen-bond acceptors (Lipinski definition) is 3. The van der Waals surface area contributed by atoms with E-state index in [1.807, 2.05) is 0 Å². The first-order chi connectivity index (χ1) is 11.6. The number of anilines is 1. The van der Waals surface area contributed by atoms with E-state index in [9.17, 15) is 9.59 Å². The highest BCUT2D eigenvalue weighted by Gasteiger charge is 2.15. The van der Waals surface area contributed by atoms with E-state index in [1.165, 1.54) is 32.1 Å². The van der Waals surface area contributed by atoms with Crippen molar-refractivity contribution in [3.8, 4) is 0 Å². The summed E-state index contributed by atoms with van der Waals surface area (Å²) in [6.07, 6.45) is 7.85. The van der Waals surface area contributed by atoms with Gasteiger partial charge < -0.3 is 16.0 Å². The van der Waals surface area contributed by atoms with Crippen molar-refractivity contribution in [1.82, 2.24) is 10.6 Å². The predicted molar refractivity (Wildman–Crippen MR) is 100 cm³/mol. The van der Waals surface area contributed by atoms with Crippen molar-refractivity contribution < 1.29 is 9.59 Å². The SMILES string of the molecule is CNC(=O)c1ccc(NC(=S)NC(=O)CCC2CCCCC2)cc1. The van der Waals surface area contributed by atoms with E-state index in [2.05, 4.69) is 16.0 Å². The van der Waals surface area contributed by atoms with E-state index in [4.69, 9.17) is 12.2 Å². The molecule has 24 heavy (non-hydrogen) atoms. The maximum absolute atomic E-state index is 12.0. The van der Waals surface area contributed by atoms with Crippen LogP contribution in [0.1, 0.15) is 55.3 Å². The van der Waals surface area contributed by atoms with Crippen LogP contribution in [0.2, 0.25) is 0 Å². The summed E-state index contributed by atoms with van der Waals surface area (Å²) in [5, 5.41) is 8.54. The minimum absolute atomic E-state index is 0.0416. The standard InChI is InChI=1S/C18H25N3O2S/c1-19-17(23)14-8-10-15(11-9-14)20-18(24)21-16(22)12-7-13-5-3-2-4-6-13/h8-11,13H,2-7,12H2,1H3,(H,19,23)(H2,20,21,22,24). The molecule has 2 amide bonds. The van der Waals surface area contributed by atoms with Crippen molar-refractivity contribution in [1.29, 1.82) is 0 Å². The number of rotatable bonds is 5. The zero-order valence-corrected chi connectivity index (χ0v) is 14.9. The van der Waals surface area contributed by atoms with Gasteiger partial charge in [0, 0.05) is 24.7 Å². The average molecular weight is 347 g/mol. The van der Waals surface area contributed by atoms with Gasteiger partial charge in [0.15, 0.2) is 5.11 Å². The van der Waals surface area contributed by atoms with Crippen molar-refractivity contribution in [2.45, 2.75) is 44.9 Å². The Hall–Kier alpha value is -1.95. The Balaban J connectivity index is 1.73. The molecule has 0 aliphatic heterocycles. The molecule has 3 N–H and O–H groups in total. The molecule has 0 bridgehead atoms. The molecule has 0 radical (unpaired) electrons. The average Bonchev–Trinajstić information content (AvgIpc) is 2.60. The van der Waals surface area contributed by atoms with Crippen LogP contribution in [0.3, 0.4) is 0 Å². The first kappa shape index (κ1) is 18.4. The molecule has 5 nitrogen and oxygen atoms in total. The molecule has 6 heteroatoms. The minimum Gasteiger partial charge on any atom is -0.355 e. The molecule has 1 aliphatic carbocycles. The van der Waals surface area contributed by atoms with Crippen LogP contribution < -0.4 is 16.0 Å². The molecule has 1 aliphatic rings. The molecule has 0 spiro atoms. The Morgan fingerprint density at radius 1 is 1.12 bits per heavy atom. The molecular formula is C18H25N3O2S. The number of carbonyl (C=O) groups excluding carboxylic acids is 2. The first-order valence-corrected chi connectivity index (χ1v) is 8.92. The van der Waals surface area contributed by atoms with Crippen molar-refractivity contribution >= 4 is 34.8 Å². The fraction of sp³-hybridized carbons (Fsp3) is 0.500. The molecule has 0 heterocycles. The number of carbonyl (C=O) groups is 2. The number of hydrogen-bond donors (Lipinski definition) is 3. The predicted octanol–water partition coefficient (Wildman–Crippen LogP) is 3.22. The Labute approximate surface area is 148 Å². The zero-order chi connectivity index (χ0) is 17.4. The molecule has 0 aromatic heterocycles. The van der Waals surface area contributed by atoms with Crippen LogP contribution in [-0.2, 0) is 4.79 Å². The molecule has 1 aromatic rings. The van der Waals surface area contributed by atoms with Gasteiger partial charge in [-0.1, -0.05) is 32.1 Å². The highest BCUT2D eigenvalue weighted by Crippen LogP contribution is 2.27. The molecule has 130 valence electrons. The molecule has 1 saturated carbocycles. The van der Waals surface area contributed by atoms with Crippen molar-refractivity contribution in [3.63, 3.8) is 0 Å². The third-order valence-electron chi connectivity index (χ3n) is 4.39. The lowest BCUT2D eigenvalue weighted by Gasteiger charge is -2.21. The lowest BCUT2D eigenvalue weighted by atomic mass is 9.86. The normalized spacial score (nSPS) is 14.7. The van der Waals surface area contributed by atoms with Crippen LogP contribution in [0.15, 0.2) is 24.3 Å². The van der Waals surface area contributed by atoms with Gasteiger partial charge in [0.1, 0.15) is 0 Å². The lowest BCUT2D eigenvalue weighted by Crippen LogP contribution is -2.34. The minimum atomic E-state index is -0.139. The first-order valence-electron chi connectivity index (χ1n) is 8.51. The van der Waals surface area contributed by atoms with Crippen LogP contribution in [0.25, 0.3) is 0 Å². The van der Waals surface area contributed by atoms with Crippen LogP contribution in [0.5, 0.6) is 0 Å². The Bertz CT molecular complexity index is 580. The van der Waals surface area contributed by atoms with Gasteiger partial charge in [-0.25, -0.2) is 0 Å². The fourth-order valence-corrected chi connectivity index (χ4v) is 3.24. The van der Waals surface area contributed by atoms with Crippen molar-refractivity contribution in [3.05, 3.63) is 29.8 Å². The van der Waals surface area contributed by atoms with E-state index in [1.54, 1.807) is 31.3 Å². The molecule has 0 unspecified atom stereocenters. The zero-order valence-electron chi connectivity index (χ0n) is 14.1. The maximum Gasteiger partial charge on any atom is 0.251 e. The summed E-state index contributed by atoms with van der Waals surface area (Å²) < 4.78 is 0. The van der Waals surface area contributed by atoms with Gasteiger partial charge in [0.25, 0.3) is 5.91 Å². The molecule has 0 atom stereocenters. The number of thiocarbonyl (C=S) groups is 1. The Kier molecular flexibility index (Phi) is 7.18. The molecule has 1 fully saturated rings. The third-order valence-corrected chi connectivity index (χ3v) is 4.59. The summed E-state index contributed by atoms with van der Waals surface area (Å²) >= 11 is 5.17. The van der Waals surface area contributed by atoms with Crippen LogP contribution in [0.4, 0.5) is 5.69 Å². The summed E-state index contributed by atoms with van der Waals surface area (Å²) in [7, 11) is 1.59. The summed E-state index contributed by atoms with van der Waals surface area (Å²) in [4.78, 5) is 23.5. The number of amides is 2. The number of benzene rings is 1. The lowest BCUT2D eigenvalue weighted by molar-refractivity contribution is -0.120. The number of nitrogens with one attached hydrogen (secondary N) is 3. The van der Waals surface area contributed by atoms with Crippen LogP contribution in [0, 0.1) is 5.92 Å². The monoisotopic (exact) mass is 347 g/mol. The van der Waals surface area contributed by atoms with Gasteiger partial charge in [-0.15, -0.1) is 0 Å². The van der Waals surface area contributed by atoms with Gasteiger partial charge in [-0.2, -0.15) is 0 Å². The molecule has 0 saturated heterocycles. The van der Waals surface area contributed by atoms with Gasteiger partial charge >= 0.3 is 0 Å². The van der Waals surface area contributed by atoms with E-state index in [-0.39, 0.29) is 16.9 Å². The van der Waals surface area contributed by atoms with E-state index < -0.39 is 0 Å². The highest BCUT2D eigenvalue weighted by molar-refractivity contribution is 7.80. The largest absolute Gasteiger partial charge is 0.355 e. The summed E-state index contributed by atoms with van der Waals surface area (Å²) in [6, 6.07) is 6.92. The van der Waals surface area contributed by atoms with Gasteiger partial charge in [-0.3, -0.25) is 9.59 Å². The molecule has 2 rings (SSSR count). The van der Waals surface area contributed by atoms with Crippen molar-refractivity contribution in [2.24, 2.45) is 5.92 Å². The quantitative estimate of drug-likeness (QED) is 0.715. The van der Waals surface area contributed by atoms with Gasteiger partial charge in [0.2, 0.25) is 5.91 Å². The van der Waals surface area contributed by atoms with Crippen LogP contribution >= 0.6 is 12.2 Å². The molecule has 1 aromatic carbocycles. The molecular weight excluding hydrogens is 322 g/mol. The fourth-order valence-electron chi connectivity index (χ4n) is 3.01. The van der Waals surface area contributed by atoms with Gasteiger partial charge in [0.05, 0.1) is 0 Å². The third kappa shape index (κ3) is 5.92. The van der Waals surface area contributed by atoms with Crippen molar-refractivity contribution in [2.75, 3.05) is 12.4 Å². The van der Waals surface area contributed by atoms with E-state index in [0.29, 0.717) is 17.9 Å². The Morgan fingerprint density at radius 2 is 1.79 bits per heavy atom. The van der Waals surface area contributed by atoms with Gasteiger partial charge in [-0.05, 0) is 48.8 Å². The smallest absolute Gasteiger partial charge is 0.251 e. The summed E-state index contributed by atoms with van der Waals surface area (Å²) in [5.41, 5.74) is 1.31. The second-order valence-corrected chi connectivity index (χ2v) is 6.61. The second kappa shape index (κ2) is 9.37.